The molecule has 2 N–H and O–H groups in total. The minimum absolute atomic E-state index is 0.171. The highest BCUT2D eigenvalue weighted by Crippen LogP contribution is 2.24. The molecule has 1 aromatic heterocycles. The molecule has 0 aliphatic carbocycles. The molecule has 0 saturated heterocycles. The first kappa shape index (κ1) is 13.3. The number of rotatable bonds is 3. The Morgan fingerprint density at radius 3 is 2.67 bits per heavy atom. The van der Waals surface area contributed by atoms with Crippen LogP contribution in [0.25, 0.3) is 0 Å². The number of aromatic carboxylic acids is 1. The van der Waals surface area contributed by atoms with Crippen LogP contribution >= 0.6 is 38.5 Å². The van der Waals surface area contributed by atoms with Gasteiger partial charge in [0.2, 0.25) is 0 Å². The molecule has 6 heteroatoms. The van der Waals surface area contributed by atoms with Gasteiger partial charge in [-0.1, -0.05) is 0 Å². The second kappa shape index (κ2) is 5.66. The second-order valence-corrected chi connectivity index (χ2v) is 5.51. The number of carbonyl (C=O) groups is 1. The van der Waals surface area contributed by atoms with Crippen molar-refractivity contribution < 1.29 is 9.90 Å². The van der Waals surface area contributed by atoms with Crippen LogP contribution in [-0.4, -0.2) is 16.1 Å². The maximum Gasteiger partial charge on any atom is 0.337 e. The fourth-order valence-corrected chi connectivity index (χ4v) is 2.03. The van der Waals surface area contributed by atoms with E-state index in [0.717, 1.165) is 13.7 Å². The third-order valence-electron chi connectivity index (χ3n) is 2.20. The van der Waals surface area contributed by atoms with Crippen LogP contribution in [0.1, 0.15) is 10.4 Å². The van der Waals surface area contributed by atoms with E-state index >= 15 is 0 Å². The van der Waals surface area contributed by atoms with Crippen molar-refractivity contribution in [2.75, 3.05) is 5.32 Å². The molecule has 4 nitrogen and oxygen atoms in total. The van der Waals surface area contributed by atoms with Crippen molar-refractivity contribution in [1.29, 1.82) is 0 Å². The molecule has 0 aliphatic heterocycles. The summed E-state index contributed by atoms with van der Waals surface area (Å²) in [7, 11) is 0. The monoisotopic (exact) mass is 418 g/mol. The molecule has 0 saturated carbocycles. The van der Waals surface area contributed by atoms with Crippen molar-refractivity contribution >= 4 is 56.0 Å². The van der Waals surface area contributed by atoms with Crippen LogP contribution in [0.15, 0.2) is 41.0 Å². The zero-order valence-corrected chi connectivity index (χ0v) is 12.8. The molecule has 2 aromatic rings. The molecule has 0 radical (unpaired) electrons. The molecule has 1 heterocycles. The Balaban J connectivity index is 2.18. The third-order valence-corrected chi connectivity index (χ3v) is 4.54. The van der Waals surface area contributed by atoms with Gasteiger partial charge in [-0.05, 0) is 68.9 Å². The quantitative estimate of drug-likeness (QED) is 0.742. The number of pyridine rings is 1. The normalized spacial score (nSPS) is 10.1. The van der Waals surface area contributed by atoms with Gasteiger partial charge in [0.05, 0.1) is 5.56 Å². The van der Waals surface area contributed by atoms with E-state index in [1.54, 1.807) is 6.07 Å². The molecule has 92 valence electrons. The fourth-order valence-electron chi connectivity index (χ4n) is 1.32. The van der Waals surface area contributed by atoms with Crippen LogP contribution in [0.3, 0.4) is 0 Å². The first-order chi connectivity index (χ1) is 8.56. The zero-order chi connectivity index (χ0) is 13.1. The molecule has 0 bridgehead atoms. The number of benzene rings is 1. The van der Waals surface area contributed by atoms with Gasteiger partial charge in [-0.25, -0.2) is 9.78 Å². The number of nitrogens with zero attached hydrogens (tertiary/aromatic N) is 1. The Morgan fingerprint density at radius 1 is 1.33 bits per heavy atom. The van der Waals surface area contributed by atoms with E-state index in [9.17, 15) is 4.79 Å². The van der Waals surface area contributed by atoms with Gasteiger partial charge < -0.3 is 10.4 Å². The fraction of sp³-hybridized carbons (Fsp3) is 0. The van der Waals surface area contributed by atoms with Crippen LogP contribution in [-0.2, 0) is 0 Å². The Morgan fingerprint density at radius 2 is 2.11 bits per heavy atom. The van der Waals surface area contributed by atoms with E-state index in [0.29, 0.717) is 5.82 Å². The molecule has 0 fully saturated rings. The van der Waals surface area contributed by atoms with Crippen LogP contribution in [0.4, 0.5) is 11.5 Å². The maximum atomic E-state index is 10.7. The third kappa shape index (κ3) is 3.20. The predicted octanol–water partition coefficient (Wildman–Crippen LogP) is 3.89. The van der Waals surface area contributed by atoms with Crippen LogP contribution < -0.4 is 5.32 Å². The number of hydrogen-bond donors (Lipinski definition) is 2. The average molecular weight is 419 g/mol. The summed E-state index contributed by atoms with van der Waals surface area (Å²) in [5.41, 5.74) is 1.06. The van der Waals surface area contributed by atoms with Gasteiger partial charge >= 0.3 is 5.97 Å². The summed E-state index contributed by atoms with van der Waals surface area (Å²) in [4.78, 5) is 14.7. The lowest BCUT2D eigenvalue weighted by Crippen LogP contribution is -1.99. The summed E-state index contributed by atoms with van der Waals surface area (Å²) >= 11 is 5.67. The van der Waals surface area contributed by atoms with E-state index in [2.05, 4.69) is 48.8 Å². The highest BCUT2D eigenvalue weighted by atomic mass is 127. The highest BCUT2D eigenvalue weighted by Gasteiger charge is 2.04. The van der Waals surface area contributed by atoms with Crippen molar-refractivity contribution in [1.82, 2.24) is 4.98 Å². The van der Waals surface area contributed by atoms with Gasteiger partial charge in [-0.3, -0.25) is 0 Å². The minimum Gasteiger partial charge on any atom is -0.478 e. The van der Waals surface area contributed by atoms with Gasteiger partial charge in [0, 0.05) is 19.9 Å². The summed E-state index contributed by atoms with van der Waals surface area (Å²) in [6.07, 6.45) is 1.33. The Labute approximate surface area is 126 Å². The van der Waals surface area contributed by atoms with Crippen LogP contribution in [0.5, 0.6) is 0 Å². The number of hydrogen-bond acceptors (Lipinski definition) is 3. The van der Waals surface area contributed by atoms with E-state index < -0.39 is 5.97 Å². The lowest BCUT2D eigenvalue weighted by atomic mass is 10.3. The number of carboxylic acids is 1. The van der Waals surface area contributed by atoms with Crippen molar-refractivity contribution in [2.45, 2.75) is 0 Å². The largest absolute Gasteiger partial charge is 0.478 e. The Kier molecular flexibility index (Phi) is 4.18. The molecule has 2 rings (SSSR count). The first-order valence-corrected chi connectivity index (χ1v) is 6.85. The van der Waals surface area contributed by atoms with Gasteiger partial charge in [0.15, 0.2) is 0 Å². The number of carboxylic acid groups (broad SMARTS) is 1. The topological polar surface area (TPSA) is 62.2 Å². The molecule has 0 atom stereocenters. The van der Waals surface area contributed by atoms with Gasteiger partial charge in [-0.15, -0.1) is 0 Å². The number of halogens is 2. The van der Waals surface area contributed by atoms with E-state index in [1.807, 2.05) is 18.2 Å². The molecule has 18 heavy (non-hydrogen) atoms. The first-order valence-electron chi connectivity index (χ1n) is 4.97. The zero-order valence-electron chi connectivity index (χ0n) is 9.02. The van der Waals surface area contributed by atoms with E-state index in [1.165, 1.54) is 12.3 Å². The minimum atomic E-state index is -0.981. The molecule has 0 aliphatic rings. The number of aromatic nitrogens is 1. The summed E-state index contributed by atoms with van der Waals surface area (Å²) in [5.74, 6) is -0.376. The van der Waals surface area contributed by atoms with Crippen LogP contribution in [0, 0.1) is 3.57 Å². The summed E-state index contributed by atoms with van der Waals surface area (Å²) < 4.78 is 2.11. The summed E-state index contributed by atoms with van der Waals surface area (Å²) in [6, 6.07) is 8.99. The molecule has 1 aromatic carbocycles. The molecule has 0 amide bonds. The molecule has 0 unspecified atom stereocenters. The maximum absolute atomic E-state index is 10.7. The van der Waals surface area contributed by atoms with Gasteiger partial charge in [0.25, 0.3) is 0 Å². The summed E-state index contributed by atoms with van der Waals surface area (Å²) in [6.45, 7) is 0. The van der Waals surface area contributed by atoms with E-state index in [-0.39, 0.29) is 5.56 Å². The summed E-state index contributed by atoms with van der Waals surface area (Å²) in [5, 5.41) is 11.9. The number of nitrogens with one attached hydrogen (secondary N) is 1. The van der Waals surface area contributed by atoms with Crippen molar-refractivity contribution in [2.24, 2.45) is 0 Å². The Bertz CT molecular complexity index is 587. The van der Waals surface area contributed by atoms with Crippen molar-refractivity contribution in [3.05, 3.63) is 50.1 Å². The SMILES string of the molecule is O=C(O)c1ccc(Nc2ccc(I)c(Br)c2)nc1. The average Bonchev–Trinajstić information content (AvgIpc) is 2.34. The second-order valence-electron chi connectivity index (χ2n) is 3.49. The van der Waals surface area contributed by atoms with Gasteiger partial charge in [0.1, 0.15) is 5.82 Å². The standard InChI is InChI=1S/C12H8BrIN2O2/c13-9-5-8(2-3-10(9)14)16-11-4-1-7(6-15-11)12(17)18/h1-6H,(H,15,16)(H,17,18). The lowest BCUT2D eigenvalue weighted by molar-refractivity contribution is 0.0696. The van der Waals surface area contributed by atoms with Gasteiger partial charge in [-0.2, -0.15) is 0 Å². The van der Waals surface area contributed by atoms with E-state index in [4.69, 9.17) is 5.11 Å². The van der Waals surface area contributed by atoms with Crippen molar-refractivity contribution in [3.63, 3.8) is 0 Å². The lowest BCUT2D eigenvalue weighted by Gasteiger charge is -2.06. The smallest absolute Gasteiger partial charge is 0.337 e. The van der Waals surface area contributed by atoms with Crippen molar-refractivity contribution in [3.8, 4) is 0 Å². The highest BCUT2D eigenvalue weighted by molar-refractivity contribution is 14.1. The molecular formula is C12H8BrIN2O2. The Hall–Kier alpha value is -1.15. The number of anilines is 2. The van der Waals surface area contributed by atoms with Crippen LogP contribution in [0.2, 0.25) is 0 Å². The molecule has 0 spiro atoms. The predicted molar refractivity (Wildman–Crippen MR) is 81.3 cm³/mol. The molecular weight excluding hydrogens is 411 g/mol.